The summed E-state index contributed by atoms with van der Waals surface area (Å²) in [7, 11) is 0. The Kier molecular flexibility index (Phi) is 5.88. The summed E-state index contributed by atoms with van der Waals surface area (Å²) in [6.07, 6.45) is 1.51. The van der Waals surface area contributed by atoms with E-state index in [0.29, 0.717) is 38.7 Å². The van der Waals surface area contributed by atoms with Crippen molar-refractivity contribution in [2.45, 2.75) is 13.8 Å². The molecule has 2 aromatic heterocycles. The van der Waals surface area contributed by atoms with Crippen molar-refractivity contribution in [3.8, 4) is 0 Å². The van der Waals surface area contributed by atoms with E-state index in [4.69, 9.17) is 0 Å². The number of fused-ring (bicyclic) bond motifs is 2. The van der Waals surface area contributed by atoms with Crippen LogP contribution in [0.2, 0.25) is 0 Å². The summed E-state index contributed by atoms with van der Waals surface area (Å²) in [5.74, 6) is -1.88. The highest BCUT2D eigenvalue weighted by atomic mass is 16.2. The zero-order valence-corrected chi connectivity index (χ0v) is 25.0. The van der Waals surface area contributed by atoms with Crippen LogP contribution in [0.1, 0.15) is 43.2 Å². The molecule has 0 saturated heterocycles. The molecular formula is C37H27N5O4. The lowest BCUT2D eigenvalue weighted by atomic mass is 9.93. The van der Waals surface area contributed by atoms with Gasteiger partial charge in [0.05, 0.1) is 16.8 Å². The topological polar surface area (TPSA) is 118 Å². The van der Waals surface area contributed by atoms with Gasteiger partial charge < -0.3 is 9.97 Å². The number of aromatic nitrogens is 2. The van der Waals surface area contributed by atoms with Gasteiger partial charge in [-0.2, -0.15) is 5.01 Å². The third kappa shape index (κ3) is 3.68. The van der Waals surface area contributed by atoms with E-state index in [1.54, 1.807) is 30.3 Å². The fraction of sp³-hybridized carbons (Fsp3) is 0.0811. The maximum atomic E-state index is 14.6. The van der Waals surface area contributed by atoms with E-state index in [1.807, 2.05) is 62.4 Å². The van der Waals surface area contributed by atoms with Crippen LogP contribution in [0, 0.1) is 13.8 Å². The third-order valence-corrected chi connectivity index (χ3v) is 8.91. The lowest BCUT2D eigenvalue weighted by Gasteiger charge is -2.27. The molecule has 9 heteroatoms. The van der Waals surface area contributed by atoms with Crippen molar-refractivity contribution in [1.82, 2.24) is 19.9 Å². The van der Waals surface area contributed by atoms with Crippen molar-refractivity contribution in [3.63, 3.8) is 0 Å². The number of hydrazine groups is 1. The number of hydrogen-bond donors (Lipinski definition) is 3. The Bertz CT molecular complexity index is 2290. The first-order valence-electron chi connectivity index (χ1n) is 14.9. The molecule has 0 unspecified atom stereocenters. The molecule has 0 fully saturated rings. The van der Waals surface area contributed by atoms with Crippen LogP contribution in [-0.4, -0.2) is 50.1 Å². The number of anilines is 1. The predicted molar refractivity (Wildman–Crippen MR) is 178 cm³/mol. The minimum atomic E-state index is -0.512. The van der Waals surface area contributed by atoms with Gasteiger partial charge in [0.25, 0.3) is 23.6 Å². The summed E-state index contributed by atoms with van der Waals surface area (Å²) < 4.78 is 0. The van der Waals surface area contributed by atoms with Crippen LogP contribution in [-0.2, 0) is 9.59 Å². The number of amides is 4. The molecule has 6 aromatic rings. The number of aromatic amines is 2. The Morgan fingerprint density at radius 3 is 1.74 bits per heavy atom. The van der Waals surface area contributed by atoms with Crippen LogP contribution in [0.5, 0.6) is 0 Å². The number of nitrogens with zero attached hydrogens (tertiary/aromatic N) is 2. The first-order chi connectivity index (χ1) is 22.3. The van der Waals surface area contributed by atoms with Crippen molar-refractivity contribution in [2.75, 3.05) is 12.0 Å². The summed E-state index contributed by atoms with van der Waals surface area (Å²) >= 11 is 0. The highest BCUT2D eigenvalue weighted by molar-refractivity contribution is 6.51. The molecule has 3 N–H and O–H groups in total. The van der Waals surface area contributed by atoms with Crippen LogP contribution in [0.3, 0.4) is 0 Å². The highest BCUT2D eigenvalue weighted by Crippen LogP contribution is 2.44. The lowest BCUT2D eigenvalue weighted by Crippen LogP contribution is -2.40. The normalized spacial score (nSPS) is 14.9. The molecule has 0 saturated carbocycles. The number of carbonyl (C=O) groups excluding carboxylic acids is 4. The van der Waals surface area contributed by atoms with E-state index >= 15 is 0 Å². The van der Waals surface area contributed by atoms with Gasteiger partial charge in [0.2, 0.25) is 0 Å². The summed E-state index contributed by atoms with van der Waals surface area (Å²) in [6.45, 7) is 7.55. The van der Waals surface area contributed by atoms with E-state index in [-0.39, 0.29) is 17.7 Å². The quantitative estimate of drug-likeness (QED) is 0.148. The molecule has 4 heterocycles. The van der Waals surface area contributed by atoms with Gasteiger partial charge in [-0.3, -0.25) is 29.5 Å². The second-order valence-corrected chi connectivity index (χ2v) is 11.5. The van der Waals surface area contributed by atoms with Crippen molar-refractivity contribution in [1.29, 1.82) is 0 Å². The molecule has 4 aromatic carbocycles. The number of aryl methyl sites for hydroxylation is 2. The Balaban J connectivity index is 1.31. The maximum Gasteiger partial charge on any atom is 0.281 e. The molecule has 46 heavy (non-hydrogen) atoms. The van der Waals surface area contributed by atoms with Gasteiger partial charge in [-0.1, -0.05) is 54.6 Å². The van der Waals surface area contributed by atoms with Gasteiger partial charge in [0.15, 0.2) is 0 Å². The van der Waals surface area contributed by atoms with Gasteiger partial charge in [-0.15, -0.1) is 6.58 Å². The number of hydrogen-bond acceptors (Lipinski definition) is 5. The van der Waals surface area contributed by atoms with Crippen molar-refractivity contribution in [2.24, 2.45) is 0 Å². The molecule has 0 aliphatic carbocycles. The van der Waals surface area contributed by atoms with Crippen LogP contribution in [0.15, 0.2) is 91.5 Å². The van der Waals surface area contributed by atoms with Crippen LogP contribution < -0.4 is 5.43 Å². The third-order valence-electron chi connectivity index (χ3n) is 8.91. The van der Waals surface area contributed by atoms with Crippen LogP contribution >= 0.6 is 0 Å². The number of imide groups is 2. The zero-order valence-electron chi connectivity index (χ0n) is 25.0. The second-order valence-electron chi connectivity index (χ2n) is 11.5. The number of para-hydroxylation sites is 2. The Labute approximate surface area is 262 Å². The van der Waals surface area contributed by atoms with Crippen molar-refractivity contribution < 1.29 is 19.2 Å². The molecule has 0 spiro atoms. The molecule has 8 rings (SSSR count). The standard InChI is InChI=1S/C37H27N5O4/c1-4-18-41-34(43)24-13-9-12-23-28(17-16-25(31(23)24)35(41)44)40-42-36(45)32(29-19(2)38-26-14-7-5-10-21(26)29)33(37(42)46)30-20(3)39-27-15-8-6-11-22(27)30/h4-17,38-40H,1,18H2,2-3H3. The van der Waals surface area contributed by atoms with Crippen molar-refractivity contribution in [3.05, 3.63) is 125 Å². The van der Waals surface area contributed by atoms with Gasteiger partial charge >= 0.3 is 0 Å². The Morgan fingerprint density at radius 1 is 0.652 bits per heavy atom. The van der Waals surface area contributed by atoms with Gasteiger partial charge in [0.1, 0.15) is 0 Å². The Morgan fingerprint density at radius 2 is 1.17 bits per heavy atom. The van der Waals surface area contributed by atoms with E-state index in [1.165, 1.54) is 6.08 Å². The Hall–Kier alpha value is -6.22. The van der Waals surface area contributed by atoms with Gasteiger partial charge in [-0.25, -0.2) is 0 Å². The number of benzene rings is 4. The first-order valence-corrected chi connectivity index (χ1v) is 14.9. The monoisotopic (exact) mass is 605 g/mol. The number of H-pyrrole nitrogens is 2. The summed E-state index contributed by atoms with van der Waals surface area (Å²) in [4.78, 5) is 63.6. The first kappa shape index (κ1) is 27.3. The van der Waals surface area contributed by atoms with E-state index in [9.17, 15) is 19.2 Å². The summed E-state index contributed by atoms with van der Waals surface area (Å²) in [6, 6.07) is 23.8. The summed E-state index contributed by atoms with van der Waals surface area (Å²) in [5.41, 5.74) is 9.34. The molecule has 0 bridgehead atoms. The van der Waals surface area contributed by atoms with E-state index in [2.05, 4.69) is 22.0 Å². The minimum absolute atomic E-state index is 0.0853. The smallest absolute Gasteiger partial charge is 0.281 e. The molecule has 2 aliphatic heterocycles. The lowest BCUT2D eigenvalue weighted by molar-refractivity contribution is -0.134. The average Bonchev–Trinajstić information content (AvgIpc) is 3.64. The van der Waals surface area contributed by atoms with Crippen LogP contribution in [0.4, 0.5) is 5.69 Å². The van der Waals surface area contributed by atoms with Crippen molar-refractivity contribution >= 4 is 73.0 Å². The highest BCUT2D eigenvalue weighted by Gasteiger charge is 2.43. The minimum Gasteiger partial charge on any atom is -0.358 e. The fourth-order valence-electron chi connectivity index (χ4n) is 6.95. The van der Waals surface area contributed by atoms with Crippen LogP contribution in [0.25, 0.3) is 43.7 Å². The average molecular weight is 606 g/mol. The fourth-order valence-corrected chi connectivity index (χ4v) is 6.95. The molecular weight excluding hydrogens is 578 g/mol. The molecule has 0 radical (unpaired) electrons. The van der Waals surface area contributed by atoms with Gasteiger partial charge in [-0.05, 0) is 44.2 Å². The SMILES string of the molecule is C=CCN1C(=O)c2cccc3c(NN4C(=O)C(c5c(C)[nH]c6ccccc56)=C(c5c(C)[nH]c6ccccc56)C4=O)ccc(c23)C1=O. The predicted octanol–water partition coefficient (Wildman–Crippen LogP) is 6.51. The molecule has 2 aliphatic rings. The van der Waals surface area contributed by atoms with E-state index in [0.717, 1.165) is 43.1 Å². The molecule has 224 valence electrons. The maximum absolute atomic E-state index is 14.6. The summed E-state index contributed by atoms with van der Waals surface area (Å²) in [5, 5.41) is 3.70. The number of nitrogens with one attached hydrogen (secondary N) is 3. The molecule has 4 amide bonds. The second kappa shape index (κ2) is 9.90. The molecule has 9 nitrogen and oxygen atoms in total. The zero-order chi connectivity index (χ0) is 31.9. The molecule has 0 atom stereocenters. The van der Waals surface area contributed by atoms with E-state index < -0.39 is 23.6 Å². The largest absolute Gasteiger partial charge is 0.358 e. The number of rotatable bonds is 6. The van der Waals surface area contributed by atoms with Gasteiger partial charge in [0, 0.05) is 72.8 Å². The number of carbonyl (C=O) groups is 4.